The summed E-state index contributed by atoms with van der Waals surface area (Å²) in [5, 5.41) is 16.4. The molecule has 2 heterocycles. The lowest BCUT2D eigenvalue weighted by atomic mass is 10.2. The molecule has 0 aliphatic carbocycles. The molecule has 0 radical (unpaired) electrons. The summed E-state index contributed by atoms with van der Waals surface area (Å²) in [5.74, 6) is -0.0428. The van der Waals surface area contributed by atoms with Crippen LogP contribution in [-0.4, -0.2) is 48.3 Å². The minimum atomic E-state index is -0.155. The van der Waals surface area contributed by atoms with Gasteiger partial charge in [-0.15, -0.1) is 0 Å². The highest BCUT2D eigenvalue weighted by molar-refractivity contribution is 5.93. The summed E-state index contributed by atoms with van der Waals surface area (Å²) < 4.78 is 5.38. The van der Waals surface area contributed by atoms with Crippen molar-refractivity contribution in [3.8, 4) is 0 Å². The third-order valence-corrected chi connectivity index (χ3v) is 2.73. The van der Waals surface area contributed by atoms with Crippen molar-refractivity contribution in [1.82, 2.24) is 4.98 Å². The zero-order valence-corrected chi connectivity index (χ0v) is 9.47. The molecule has 0 bridgehead atoms. The van der Waals surface area contributed by atoms with E-state index in [2.05, 4.69) is 9.88 Å². The van der Waals surface area contributed by atoms with Gasteiger partial charge in [-0.1, -0.05) is 0 Å². The zero-order chi connectivity index (χ0) is 12.3. The van der Waals surface area contributed by atoms with Crippen LogP contribution in [0.3, 0.4) is 0 Å². The average Bonchev–Trinajstić information content (AvgIpc) is 2.39. The number of anilines is 1. The minimum Gasteiger partial charge on any atom is -0.394 e. The second-order valence-corrected chi connectivity index (χ2v) is 3.93. The lowest BCUT2D eigenvalue weighted by molar-refractivity contribution is 0.00356. The van der Waals surface area contributed by atoms with E-state index in [1.54, 1.807) is 12.3 Å². The molecule has 0 saturated carbocycles. The molecule has 1 unspecified atom stereocenters. The smallest absolute Gasteiger partial charge is 0.141 e. The molecule has 0 amide bonds. The normalized spacial score (nSPS) is 20.3. The molecule has 1 aromatic rings. The van der Waals surface area contributed by atoms with E-state index in [1.165, 1.54) is 0 Å². The number of nitrogens with two attached hydrogens (primary N) is 1. The number of aliphatic hydroxyl groups excluding tert-OH is 1. The molecule has 1 aliphatic heterocycles. The molecule has 0 aromatic carbocycles. The zero-order valence-electron chi connectivity index (χ0n) is 9.47. The van der Waals surface area contributed by atoms with Crippen molar-refractivity contribution < 1.29 is 9.84 Å². The number of morpholine rings is 1. The predicted octanol–water partition coefficient (Wildman–Crippen LogP) is -0.437. The van der Waals surface area contributed by atoms with E-state index in [0.717, 1.165) is 12.2 Å². The standard InChI is InChI=1S/C11H16N4O2/c12-11(13)10-5-8(1-2-14-10)15-3-4-17-9(6-15)7-16/h1-2,5,9,16H,3-4,6-7H2,(H3,12,13). The Bertz CT molecular complexity index is 410. The molecule has 6 heteroatoms. The molecule has 1 atom stereocenters. The van der Waals surface area contributed by atoms with Crippen LogP contribution in [0.5, 0.6) is 0 Å². The van der Waals surface area contributed by atoms with Crippen LogP contribution in [0.15, 0.2) is 18.3 Å². The quantitative estimate of drug-likeness (QED) is 0.488. The van der Waals surface area contributed by atoms with Gasteiger partial charge in [0.25, 0.3) is 0 Å². The Hall–Kier alpha value is -1.66. The molecule has 1 saturated heterocycles. The first-order valence-electron chi connectivity index (χ1n) is 5.48. The maximum Gasteiger partial charge on any atom is 0.141 e. The van der Waals surface area contributed by atoms with Gasteiger partial charge in [0.15, 0.2) is 0 Å². The van der Waals surface area contributed by atoms with Crippen molar-refractivity contribution in [2.45, 2.75) is 6.10 Å². The number of aliphatic hydroxyl groups is 1. The summed E-state index contributed by atoms with van der Waals surface area (Å²) in [4.78, 5) is 6.11. The van der Waals surface area contributed by atoms with Crippen molar-refractivity contribution in [2.24, 2.45) is 5.73 Å². The number of amidine groups is 1. The summed E-state index contributed by atoms with van der Waals surface area (Å²) in [5.41, 5.74) is 6.82. The fourth-order valence-electron chi connectivity index (χ4n) is 1.83. The Morgan fingerprint density at radius 3 is 3.24 bits per heavy atom. The fourth-order valence-corrected chi connectivity index (χ4v) is 1.83. The molecule has 1 aliphatic rings. The van der Waals surface area contributed by atoms with Crippen LogP contribution in [0.1, 0.15) is 5.69 Å². The maximum absolute atomic E-state index is 9.08. The Balaban J connectivity index is 2.16. The summed E-state index contributed by atoms with van der Waals surface area (Å²) in [6.45, 7) is 2.00. The number of hydrogen-bond donors (Lipinski definition) is 3. The summed E-state index contributed by atoms with van der Waals surface area (Å²) in [6, 6.07) is 3.65. The fraction of sp³-hybridized carbons (Fsp3) is 0.455. The highest BCUT2D eigenvalue weighted by Crippen LogP contribution is 2.17. The molecular weight excluding hydrogens is 220 g/mol. The van der Waals surface area contributed by atoms with Crippen LogP contribution in [0.25, 0.3) is 0 Å². The number of nitrogen functional groups attached to an aromatic ring is 1. The van der Waals surface area contributed by atoms with Crippen LogP contribution in [-0.2, 0) is 4.74 Å². The largest absolute Gasteiger partial charge is 0.394 e. The third-order valence-electron chi connectivity index (χ3n) is 2.73. The highest BCUT2D eigenvalue weighted by Gasteiger charge is 2.20. The Morgan fingerprint density at radius 2 is 2.53 bits per heavy atom. The molecule has 1 fully saturated rings. The molecule has 92 valence electrons. The lowest BCUT2D eigenvalue weighted by Crippen LogP contribution is -2.44. The first-order chi connectivity index (χ1) is 8.20. The van der Waals surface area contributed by atoms with E-state index in [9.17, 15) is 0 Å². The lowest BCUT2D eigenvalue weighted by Gasteiger charge is -2.33. The summed E-state index contributed by atoms with van der Waals surface area (Å²) >= 11 is 0. The van der Waals surface area contributed by atoms with E-state index in [-0.39, 0.29) is 18.5 Å². The van der Waals surface area contributed by atoms with Crippen LogP contribution in [0.2, 0.25) is 0 Å². The van der Waals surface area contributed by atoms with Gasteiger partial charge in [0.2, 0.25) is 0 Å². The SMILES string of the molecule is N=C(N)c1cc(N2CCOC(CO)C2)ccn1. The van der Waals surface area contributed by atoms with Crippen molar-refractivity contribution in [3.05, 3.63) is 24.0 Å². The van der Waals surface area contributed by atoms with Gasteiger partial charge in [0, 0.05) is 25.0 Å². The second-order valence-electron chi connectivity index (χ2n) is 3.93. The van der Waals surface area contributed by atoms with E-state index < -0.39 is 0 Å². The van der Waals surface area contributed by atoms with Gasteiger partial charge in [0.05, 0.1) is 19.3 Å². The van der Waals surface area contributed by atoms with Crippen LogP contribution >= 0.6 is 0 Å². The number of pyridine rings is 1. The average molecular weight is 236 g/mol. The maximum atomic E-state index is 9.08. The van der Waals surface area contributed by atoms with Crippen molar-refractivity contribution in [3.63, 3.8) is 0 Å². The van der Waals surface area contributed by atoms with Crippen molar-refractivity contribution in [1.29, 1.82) is 5.41 Å². The first kappa shape index (κ1) is 11.8. The van der Waals surface area contributed by atoms with Crippen LogP contribution in [0.4, 0.5) is 5.69 Å². The molecule has 1 aromatic heterocycles. The van der Waals surface area contributed by atoms with E-state index in [4.69, 9.17) is 21.0 Å². The number of rotatable bonds is 3. The number of ether oxygens (including phenoxy) is 1. The predicted molar refractivity (Wildman–Crippen MR) is 64.3 cm³/mol. The molecule has 0 spiro atoms. The van der Waals surface area contributed by atoms with Gasteiger partial charge in [-0.25, -0.2) is 0 Å². The monoisotopic (exact) mass is 236 g/mol. The Kier molecular flexibility index (Phi) is 3.55. The van der Waals surface area contributed by atoms with Gasteiger partial charge >= 0.3 is 0 Å². The molecule has 4 N–H and O–H groups in total. The first-order valence-corrected chi connectivity index (χ1v) is 5.48. The number of hydrogen-bond acceptors (Lipinski definition) is 5. The van der Waals surface area contributed by atoms with Gasteiger partial charge in [-0.05, 0) is 12.1 Å². The van der Waals surface area contributed by atoms with Crippen LogP contribution < -0.4 is 10.6 Å². The molecule has 2 rings (SSSR count). The number of aromatic nitrogens is 1. The Morgan fingerprint density at radius 1 is 1.71 bits per heavy atom. The number of nitrogens with one attached hydrogen (secondary N) is 1. The molecule has 6 nitrogen and oxygen atoms in total. The van der Waals surface area contributed by atoms with Gasteiger partial charge < -0.3 is 20.5 Å². The number of nitrogens with zero attached hydrogens (tertiary/aromatic N) is 2. The van der Waals surface area contributed by atoms with Gasteiger partial charge in [-0.3, -0.25) is 10.4 Å². The second kappa shape index (κ2) is 5.11. The van der Waals surface area contributed by atoms with Gasteiger partial charge in [0.1, 0.15) is 11.5 Å². The topological polar surface area (TPSA) is 95.5 Å². The summed E-state index contributed by atoms with van der Waals surface area (Å²) in [6.07, 6.45) is 1.48. The van der Waals surface area contributed by atoms with Gasteiger partial charge in [-0.2, -0.15) is 0 Å². The van der Waals surface area contributed by atoms with Crippen LogP contribution in [0, 0.1) is 5.41 Å². The van der Waals surface area contributed by atoms with E-state index in [0.29, 0.717) is 18.8 Å². The highest BCUT2D eigenvalue weighted by atomic mass is 16.5. The van der Waals surface area contributed by atoms with Crippen molar-refractivity contribution >= 4 is 11.5 Å². The minimum absolute atomic E-state index is 0.0150. The van der Waals surface area contributed by atoms with E-state index >= 15 is 0 Å². The van der Waals surface area contributed by atoms with E-state index in [1.807, 2.05) is 6.07 Å². The Labute approximate surface area is 99.5 Å². The van der Waals surface area contributed by atoms with Crippen molar-refractivity contribution in [2.75, 3.05) is 31.2 Å². The molecular formula is C11H16N4O2. The molecule has 17 heavy (non-hydrogen) atoms. The summed E-state index contributed by atoms with van der Waals surface area (Å²) in [7, 11) is 0. The third kappa shape index (κ3) is 2.72.